The maximum Gasteiger partial charge on any atom is 0.416 e. The number of hydrogen-bond acceptors (Lipinski definition) is 4. The molecule has 0 bridgehead atoms. The molecule has 0 aliphatic carbocycles. The van der Waals surface area contributed by atoms with E-state index in [0.29, 0.717) is 6.07 Å². The fraction of sp³-hybridized carbons (Fsp3) is 0.500. The Labute approximate surface area is 113 Å². The lowest BCUT2D eigenvalue weighted by atomic mass is 10.1. The van der Waals surface area contributed by atoms with Gasteiger partial charge in [0.1, 0.15) is 5.69 Å². The molecule has 1 aromatic carbocycles. The first kappa shape index (κ1) is 16.2. The first-order valence-electron chi connectivity index (χ1n) is 5.69. The van der Waals surface area contributed by atoms with Crippen LogP contribution < -0.4 is 5.32 Å². The van der Waals surface area contributed by atoms with Crippen LogP contribution in [0.4, 0.5) is 24.5 Å². The molecular formula is C12H15F3N2O3. The normalized spacial score (nSPS) is 12.3. The van der Waals surface area contributed by atoms with Crippen molar-refractivity contribution < 1.29 is 22.8 Å². The van der Waals surface area contributed by atoms with Crippen LogP contribution in [0.1, 0.15) is 19.4 Å². The molecule has 1 N–H and O–H groups in total. The molecule has 8 heteroatoms. The number of anilines is 1. The molecule has 5 nitrogen and oxygen atoms in total. The van der Waals surface area contributed by atoms with E-state index < -0.39 is 27.9 Å². The maximum atomic E-state index is 12.6. The largest absolute Gasteiger partial charge is 0.416 e. The molecule has 0 unspecified atom stereocenters. The van der Waals surface area contributed by atoms with Crippen LogP contribution in [0, 0.1) is 10.1 Å². The summed E-state index contributed by atoms with van der Waals surface area (Å²) in [6.07, 6.45) is -4.62. The summed E-state index contributed by atoms with van der Waals surface area (Å²) >= 11 is 0. The van der Waals surface area contributed by atoms with Gasteiger partial charge in [0.2, 0.25) is 0 Å². The Balaban J connectivity index is 3.18. The fourth-order valence-electron chi connectivity index (χ4n) is 1.73. The molecule has 0 atom stereocenters. The summed E-state index contributed by atoms with van der Waals surface area (Å²) in [4.78, 5) is 10.1. The molecule has 0 aliphatic heterocycles. The van der Waals surface area contributed by atoms with Gasteiger partial charge in [-0.1, -0.05) is 0 Å². The third-order valence-corrected chi connectivity index (χ3v) is 2.50. The second kappa shape index (κ2) is 5.66. The lowest BCUT2D eigenvalue weighted by Gasteiger charge is -2.26. The quantitative estimate of drug-likeness (QED) is 0.667. The summed E-state index contributed by atoms with van der Waals surface area (Å²) in [7, 11) is 1.46. The average Bonchev–Trinajstić information content (AvgIpc) is 2.26. The summed E-state index contributed by atoms with van der Waals surface area (Å²) in [5, 5.41) is 13.7. The number of nitrogens with zero attached hydrogens (tertiary/aromatic N) is 1. The number of alkyl halides is 3. The minimum absolute atomic E-state index is 0.0186. The van der Waals surface area contributed by atoms with E-state index in [0.717, 1.165) is 12.1 Å². The van der Waals surface area contributed by atoms with Crippen molar-refractivity contribution in [2.75, 3.05) is 19.0 Å². The van der Waals surface area contributed by atoms with Gasteiger partial charge in [-0.2, -0.15) is 13.2 Å². The zero-order valence-corrected chi connectivity index (χ0v) is 11.2. The first-order valence-corrected chi connectivity index (χ1v) is 5.69. The van der Waals surface area contributed by atoms with Gasteiger partial charge in [-0.25, -0.2) is 0 Å². The molecule has 1 rings (SSSR count). The first-order chi connectivity index (χ1) is 9.07. The number of methoxy groups -OCH3 is 1. The van der Waals surface area contributed by atoms with Crippen molar-refractivity contribution >= 4 is 11.4 Å². The third-order valence-electron chi connectivity index (χ3n) is 2.50. The molecule has 0 amide bonds. The zero-order valence-electron chi connectivity index (χ0n) is 11.2. The van der Waals surface area contributed by atoms with Crippen LogP contribution in [0.25, 0.3) is 0 Å². The SMILES string of the molecule is COCC(C)(C)Nc1ccc(C(F)(F)F)cc1[N+](=O)[O-]. The predicted molar refractivity (Wildman–Crippen MR) is 67.7 cm³/mol. The van der Waals surface area contributed by atoms with Crippen molar-refractivity contribution in [3.05, 3.63) is 33.9 Å². The van der Waals surface area contributed by atoms with Gasteiger partial charge in [-0.15, -0.1) is 0 Å². The highest BCUT2D eigenvalue weighted by atomic mass is 19.4. The lowest BCUT2D eigenvalue weighted by Crippen LogP contribution is -2.36. The highest BCUT2D eigenvalue weighted by Crippen LogP contribution is 2.35. The highest BCUT2D eigenvalue weighted by Gasteiger charge is 2.33. The number of nitro benzene ring substituents is 1. The Hall–Kier alpha value is -1.83. The van der Waals surface area contributed by atoms with E-state index in [2.05, 4.69) is 5.32 Å². The van der Waals surface area contributed by atoms with Crippen molar-refractivity contribution in [1.82, 2.24) is 0 Å². The standard InChI is InChI=1S/C12H15F3N2O3/c1-11(2,7-20-3)16-9-5-4-8(12(13,14)15)6-10(9)17(18)19/h4-6,16H,7H2,1-3H3. The lowest BCUT2D eigenvalue weighted by molar-refractivity contribution is -0.384. The minimum Gasteiger partial charge on any atom is -0.382 e. The average molecular weight is 292 g/mol. The van der Waals surface area contributed by atoms with E-state index in [9.17, 15) is 23.3 Å². The molecule has 0 radical (unpaired) electrons. The van der Waals surface area contributed by atoms with Gasteiger partial charge < -0.3 is 10.1 Å². The van der Waals surface area contributed by atoms with E-state index in [1.165, 1.54) is 7.11 Å². The number of hydrogen-bond donors (Lipinski definition) is 1. The van der Waals surface area contributed by atoms with E-state index in [1.807, 2.05) is 0 Å². The van der Waals surface area contributed by atoms with Crippen molar-refractivity contribution in [2.45, 2.75) is 25.6 Å². The van der Waals surface area contributed by atoms with Crippen molar-refractivity contribution in [2.24, 2.45) is 0 Å². The van der Waals surface area contributed by atoms with Gasteiger partial charge in [0.05, 0.1) is 22.6 Å². The molecule has 0 spiro atoms. The maximum absolute atomic E-state index is 12.6. The number of nitro groups is 1. The van der Waals surface area contributed by atoms with Crippen LogP contribution in [-0.2, 0) is 10.9 Å². The smallest absolute Gasteiger partial charge is 0.382 e. The van der Waals surface area contributed by atoms with Gasteiger partial charge in [0.15, 0.2) is 0 Å². The molecule has 1 aromatic rings. The minimum atomic E-state index is -4.62. The van der Waals surface area contributed by atoms with Crippen LogP contribution in [0.5, 0.6) is 0 Å². The molecule has 0 saturated heterocycles. The molecule has 0 aromatic heterocycles. The molecule has 0 fully saturated rings. The van der Waals surface area contributed by atoms with Crippen LogP contribution in [-0.4, -0.2) is 24.2 Å². The highest BCUT2D eigenvalue weighted by molar-refractivity contribution is 5.64. The third kappa shape index (κ3) is 4.09. The van der Waals surface area contributed by atoms with E-state index in [1.54, 1.807) is 13.8 Å². The van der Waals surface area contributed by atoms with Crippen LogP contribution in [0.15, 0.2) is 18.2 Å². The van der Waals surface area contributed by atoms with Gasteiger partial charge in [-0.3, -0.25) is 10.1 Å². The van der Waals surface area contributed by atoms with E-state index in [4.69, 9.17) is 4.74 Å². The second-order valence-electron chi connectivity index (χ2n) is 4.93. The fourth-order valence-corrected chi connectivity index (χ4v) is 1.73. The Morgan fingerprint density at radius 3 is 2.40 bits per heavy atom. The van der Waals surface area contributed by atoms with Gasteiger partial charge in [0.25, 0.3) is 5.69 Å². The zero-order chi connectivity index (χ0) is 15.6. The van der Waals surface area contributed by atoms with Gasteiger partial charge in [0, 0.05) is 13.2 Å². The Kier molecular flexibility index (Phi) is 4.59. The molecular weight excluding hydrogens is 277 g/mol. The molecule has 20 heavy (non-hydrogen) atoms. The van der Waals surface area contributed by atoms with E-state index in [-0.39, 0.29) is 12.3 Å². The summed E-state index contributed by atoms with van der Waals surface area (Å²) in [6.45, 7) is 3.68. The van der Waals surface area contributed by atoms with Crippen molar-refractivity contribution in [3.8, 4) is 0 Å². The number of rotatable bonds is 5. The second-order valence-corrected chi connectivity index (χ2v) is 4.93. The molecule has 112 valence electrons. The summed E-state index contributed by atoms with van der Waals surface area (Å²) in [6, 6.07) is 2.38. The topological polar surface area (TPSA) is 64.4 Å². The predicted octanol–water partition coefficient (Wildman–Crippen LogP) is 3.45. The van der Waals surface area contributed by atoms with Crippen molar-refractivity contribution in [3.63, 3.8) is 0 Å². The monoisotopic (exact) mass is 292 g/mol. The molecule has 0 saturated carbocycles. The Morgan fingerprint density at radius 2 is 1.95 bits per heavy atom. The number of benzene rings is 1. The summed E-state index contributed by atoms with van der Waals surface area (Å²) < 4.78 is 42.6. The van der Waals surface area contributed by atoms with Crippen LogP contribution in [0.2, 0.25) is 0 Å². The molecule has 0 aliphatic rings. The Morgan fingerprint density at radius 1 is 1.35 bits per heavy atom. The number of halogens is 3. The Bertz CT molecular complexity index is 501. The summed E-state index contributed by atoms with van der Waals surface area (Å²) in [5.74, 6) is 0. The van der Waals surface area contributed by atoms with Crippen LogP contribution >= 0.6 is 0 Å². The summed E-state index contributed by atoms with van der Waals surface area (Å²) in [5.41, 5.74) is -2.31. The van der Waals surface area contributed by atoms with Gasteiger partial charge >= 0.3 is 6.18 Å². The van der Waals surface area contributed by atoms with Crippen LogP contribution in [0.3, 0.4) is 0 Å². The number of nitrogens with one attached hydrogen (secondary N) is 1. The molecule has 0 heterocycles. The van der Waals surface area contributed by atoms with Crippen molar-refractivity contribution in [1.29, 1.82) is 0 Å². The van der Waals surface area contributed by atoms with E-state index >= 15 is 0 Å². The number of ether oxygens (including phenoxy) is 1. The van der Waals surface area contributed by atoms with Gasteiger partial charge in [-0.05, 0) is 26.0 Å².